The lowest BCUT2D eigenvalue weighted by Gasteiger charge is -2.11. The quantitative estimate of drug-likeness (QED) is 0.828. The fraction of sp³-hybridized carbons (Fsp3) is 0.250. The lowest BCUT2D eigenvalue weighted by molar-refractivity contribution is 0.854. The van der Waals surface area contributed by atoms with Crippen LogP contribution in [0.1, 0.15) is 22.3 Å². The van der Waals surface area contributed by atoms with Gasteiger partial charge in [0.25, 0.3) is 0 Å². The second kappa shape index (κ2) is 4.89. The number of imidazole rings is 1. The fourth-order valence-electron chi connectivity index (χ4n) is 1.60. The molecule has 2 rings (SSSR count). The van der Waals surface area contributed by atoms with E-state index in [1.54, 1.807) is 12.4 Å². The lowest BCUT2D eigenvalue weighted by Crippen LogP contribution is -1.99. The van der Waals surface area contributed by atoms with Gasteiger partial charge < -0.3 is 4.98 Å². The number of halogens is 2. The Labute approximate surface area is 105 Å². The van der Waals surface area contributed by atoms with E-state index >= 15 is 0 Å². The number of H-pyrrole nitrogens is 1. The van der Waals surface area contributed by atoms with Crippen molar-refractivity contribution in [2.75, 3.05) is 0 Å². The van der Waals surface area contributed by atoms with Crippen molar-refractivity contribution in [3.63, 3.8) is 0 Å². The molecule has 0 amide bonds. The topological polar surface area (TPSA) is 28.7 Å². The molecule has 84 valence electrons. The minimum Gasteiger partial charge on any atom is -0.349 e. The predicted octanol–water partition coefficient (Wildman–Crippen LogP) is 3.89. The molecule has 1 aromatic heterocycles. The van der Waals surface area contributed by atoms with Crippen LogP contribution in [0.25, 0.3) is 0 Å². The van der Waals surface area contributed by atoms with Crippen LogP contribution >= 0.6 is 23.2 Å². The van der Waals surface area contributed by atoms with Gasteiger partial charge in [-0.05, 0) is 18.1 Å². The minimum absolute atomic E-state index is 0.154. The molecule has 4 heteroatoms. The van der Waals surface area contributed by atoms with E-state index in [-0.39, 0.29) is 5.38 Å². The maximum atomic E-state index is 6.33. The monoisotopic (exact) mass is 254 g/mol. The SMILES string of the molecule is Cc1cccc(C(Cl)Cc2ncc[nH]2)c1Cl. The number of aromatic amines is 1. The largest absolute Gasteiger partial charge is 0.349 e. The molecule has 16 heavy (non-hydrogen) atoms. The number of aromatic nitrogens is 2. The van der Waals surface area contributed by atoms with Gasteiger partial charge in [0.1, 0.15) is 5.82 Å². The molecule has 1 aromatic carbocycles. The second-order valence-corrected chi connectivity index (χ2v) is 4.59. The average Bonchev–Trinajstić information content (AvgIpc) is 2.74. The maximum absolute atomic E-state index is 6.33. The Kier molecular flexibility index (Phi) is 3.52. The maximum Gasteiger partial charge on any atom is 0.107 e. The summed E-state index contributed by atoms with van der Waals surface area (Å²) in [6.07, 6.45) is 4.16. The first-order valence-electron chi connectivity index (χ1n) is 5.06. The van der Waals surface area contributed by atoms with Crippen LogP contribution in [0.2, 0.25) is 5.02 Å². The summed E-state index contributed by atoms with van der Waals surface area (Å²) >= 11 is 12.5. The summed E-state index contributed by atoms with van der Waals surface area (Å²) in [4.78, 5) is 7.18. The Hall–Kier alpha value is -0.990. The smallest absolute Gasteiger partial charge is 0.107 e. The zero-order valence-corrected chi connectivity index (χ0v) is 10.4. The van der Waals surface area contributed by atoms with E-state index in [1.807, 2.05) is 25.1 Å². The van der Waals surface area contributed by atoms with Crippen LogP contribution in [0.3, 0.4) is 0 Å². The molecule has 2 nitrogen and oxygen atoms in total. The molecular formula is C12H12Cl2N2. The highest BCUT2D eigenvalue weighted by Gasteiger charge is 2.14. The van der Waals surface area contributed by atoms with Crippen LogP contribution in [0.15, 0.2) is 30.6 Å². The van der Waals surface area contributed by atoms with Crippen molar-refractivity contribution in [1.29, 1.82) is 0 Å². The van der Waals surface area contributed by atoms with E-state index in [4.69, 9.17) is 23.2 Å². The number of rotatable bonds is 3. The van der Waals surface area contributed by atoms with E-state index in [0.29, 0.717) is 6.42 Å². The van der Waals surface area contributed by atoms with Crippen LogP contribution in [0.5, 0.6) is 0 Å². The molecule has 0 aliphatic rings. The Morgan fingerprint density at radius 1 is 1.44 bits per heavy atom. The summed E-state index contributed by atoms with van der Waals surface area (Å²) in [5.74, 6) is 0.873. The summed E-state index contributed by atoms with van der Waals surface area (Å²) in [5, 5.41) is 0.590. The highest BCUT2D eigenvalue weighted by atomic mass is 35.5. The number of hydrogen-bond donors (Lipinski definition) is 1. The average molecular weight is 255 g/mol. The molecule has 2 aromatic rings. The van der Waals surface area contributed by atoms with E-state index < -0.39 is 0 Å². The molecule has 0 radical (unpaired) electrons. The standard InChI is InChI=1S/C12H12Cl2N2/c1-8-3-2-4-9(12(8)14)10(13)7-11-15-5-6-16-11/h2-6,10H,7H2,1H3,(H,15,16). The summed E-state index contributed by atoms with van der Waals surface area (Å²) < 4.78 is 0. The van der Waals surface area contributed by atoms with Gasteiger partial charge >= 0.3 is 0 Å². The number of benzene rings is 1. The van der Waals surface area contributed by atoms with Crippen LogP contribution in [0.4, 0.5) is 0 Å². The summed E-state index contributed by atoms with van der Waals surface area (Å²) in [6, 6.07) is 5.90. The van der Waals surface area contributed by atoms with Crippen LogP contribution in [-0.2, 0) is 6.42 Å². The number of alkyl halides is 1. The van der Waals surface area contributed by atoms with Gasteiger partial charge in [0, 0.05) is 23.8 Å². The van der Waals surface area contributed by atoms with Gasteiger partial charge in [0.05, 0.1) is 5.38 Å². The molecule has 0 saturated heterocycles. The first-order chi connectivity index (χ1) is 7.68. The molecule has 1 heterocycles. The first kappa shape index (κ1) is 11.5. The van der Waals surface area contributed by atoms with Gasteiger partial charge in [-0.2, -0.15) is 0 Å². The number of nitrogens with one attached hydrogen (secondary N) is 1. The highest BCUT2D eigenvalue weighted by Crippen LogP contribution is 2.31. The van der Waals surface area contributed by atoms with Crippen molar-refractivity contribution >= 4 is 23.2 Å². The molecular weight excluding hydrogens is 243 g/mol. The zero-order valence-electron chi connectivity index (χ0n) is 8.87. The van der Waals surface area contributed by atoms with Gasteiger partial charge in [0.15, 0.2) is 0 Å². The van der Waals surface area contributed by atoms with E-state index in [9.17, 15) is 0 Å². The summed E-state index contributed by atoms with van der Waals surface area (Å²) in [6.45, 7) is 1.97. The zero-order chi connectivity index (χ0) is 11.5. The Morgan fingerprint density at radius 2 is 2.25 bits per heavy atom. The van der Waals surface area contributed by atoms with Crippen molar-refractivity contribution in [2.24, 2.45) is 0 Å². The van der Waals surface area contributed by atoms with E-state index in [1.165, 1.54) is 0 Å². The molecule has 0 bridgehead atoms. The summed E-state index contributed by atoms with van der Waals surface area (Å²) in [7, 11) is 0. The van der Waals surface area contributed by atoms with Gasteiger partial charge in [-0.1, -0.05) is 29.8 Å². The minimum atomic E-state index is -0.154. The lowest BCUT2D eigenvalue weighted by atomic mass is 10.1. The number of hydrogen-bond acceptors (Lipinski definition) is 1. The molecule has 1 atom stereocenters. The second-order valence-electron chi connectivity index (χ2n) is 3.69. The molecule has 0 saturated carbocycles. The van der Waals surface area contributed by atoms with Crippen molar-refractivity contribution in [1.82, 2.24) is 9.97 Å². The Morgan fingerprint density at radius 3 is 2.94 bits per heavy atom. The van der Waals surface area contributed by atoms with Gasteiger partial charge in [-0.3, -0.25) is 0 Å². The molecule has 0 aliphatic heterocycles. The van der Waals surface area contributed by atoms with Crippen LogP contribution in [-0.4, -0.2) is 9.97 Å². The first-order valence-corrected chi connectivity index (χ1v) is 5.87. The third kappa shape index (κ3) is 2.39. The third-order valence-corrected chi connectivity index (χ3v) is 3.39. The van der Waals surface area contributed by atoms with E-state index in [0.717, 1.165) is 22.0 Å². The molecule has 1 N–H and O–H groups in total. The predicted molar refractivity (Wildman–Crippen MR) is 67.1 cm³/mol. The third-order valence-electron chi connectivity index (χ3n) is 2.49. The molecule has 0 aliphatic carbocycles. The number of nitrogens with zero attached hydrogens (tertiary/aromatic N) is 1. The Bertz CT molecular complexity index is 466. The van der Waals surface area contributed by atoms with Gasteiger partial charge in [-0.15, -0.1) is 11.6 Å². The van der Waals surface area contributed by atoms with E-state index in [2.05, 4.69) is 9.97 Å². The fourth-order valence-corrected chi connectivity index (χ4v) is 2.24. The van der Waals surface area contributed by atoms with Crippen LogP contribution < -0.4 is 0 Å². The highest BCUT2D eigenvalue weighted by molar-refractivity contribution is 6.33. The van der Waals surface area contributed by atoms with Gasteiger partial charge in [-0.25, -0.2) is 4.98 Å². The van der Waals surface area contributed by atoms with Crippen molar-refractivity contribution in [2.45, 2.75) is 18.7 Å². The molecule has 1 unspecified atom stereocenters. The van der Waals surface area contributed by atoms with Crippen molar-refractivity contribution < 1.29 is 0 Å². The van der Waals surface area contributed by atoms with Crippen molar-refractivity contribution in [3.8, 4) is 0 Å². The molecule has 0 fully saturated rings. The normalized spacial score (nSPS) is 12.7. The summed E-state index contributed by atoms with van der Waals surface area (Å²) in [5.41, 5.74) is 2.00. The molecule has 0 spiro atoms. The number of aryl methyl sites for hydroxylation is 1. The van der Waals surface area contributed by atoms with Crippen molar-refractivity contribution in [3.05, 3.63) is 52.6 Å². The Balaban J connectivity index is 2.21. The van der Waals surface area contributed by atoms with Gasteiger partial charge in [0.2, 0.25) is 0 Å². The van der Waals surface area contributed by atoms with Crippen LogP contribution in [0, 0.1) is 6.92 Å².